The lowest BCUT2D eigenvalue weighted by Crippen LogP contribution is -2.23. The Balaban J connectivity index is 1.98. The van der Waals surface area contributed by atoms with E-state index in [1.54, 1.807) is 12.1 Å². The van der Waals surface area contributed by atoms with Gasteiger partial charge in [0.1, 0.15) is 0 Å². The maximum atomic E-state index is 10.7. The van der Waals surface area contributed by atoms with Crippen molar-refractivity contribution in [3.05, 3.63) is 33.9 Å². The maximum Gasteiger partial charge on any atom is 0.269 e. The van der Waals surface area contributed by atoms with Crippen LogP contribution in [0, 0.1) is 23.0 Å². The molecule has 0 aliphatic carbocycles. The summed E-state index contributed by atoms with van der Waals surface area (Å²) in [6.45, 7) is 5.72. The van der Waals surface area contributed by atoms with Crippen LogP contribution in [0.3, 0.4) is 0 Å². The number of rotatable bonds is 5. The Bertz CT molecular complexity index is 462. The minimum absolute atomic E-state index is 0.138. The van der Waals surface area contributed by atoms with Gasteiger partial charge in [0, 0.05) is 36.9 Å². The first-order valence-electron chi connectivity index (χ1n) is 6.72. The lowest BCUT2D eigenvalue weighted by atomic mass is 9.99. The average molecular weight is 264 g/mol. The van der Waals surface area contributed by atoms with Gasteiger partial charge in [0.2, 0.25) is 0 Å². The van der Waals surface area contributed by atoms with Crippen molar-refractivity contribution in [1.29, 1.82) is 0 Å². The molecule has 1 N–H and O–H groups in total. The molecule has 2 unspecified atom stereocenters. The van der Waals surface area contributed by atoms with E-state index in [1.165, 1.54) is 6.07 Å². The van der Waals surface area contributed by atoms with E-state index in [1.807, 2.05) is 6.92 Å². The van der Waals surface area contributed by atoms with Gasteiger partial charge in [0.25, 0.3) is 5.69 Å². The first-order valence-corrected chi connectivity index (χ1v) is 6.72. The summed E-state index contributed by atoms with van der Waals surface area (Å²) in [7, 11) is 0. The maximum absolute atomic E-state index is 10.7. The number of nitrogens with zero attached hydrogens (tertiary/aromatic N) is 1. The van der Waals surface area contributed by atoms with Crippen LogP contribution in [0.5, 0.6) is 0 Å². The summed E-state index contributed by atoms with van der Waals surface area (Å²) in [6.07, 6.45) is 2.45. The molecule has 2 atom stereocenters. The number of nitro groups is 1. The number of hydrogen-bond acceptors (Lipinski definition) is 4. The summed E-state index contributed by atoms with van der Waals surface area (Å²) in [5, 5.41) is 14.1. The molecule has 1 aliphatic rings. The van der Waals surface area contributed by atoms with Crippen molar-refractivity contribution in [2.45, 2.75) is 32.8 Å². The third kappa shape index (κ3) is 3.23. The molecule has 0 aromatic heterocycles. The van der Waals surface area contributed by atoms with Crippen molar-refractivity contribution < 1.29 is 9.66 Å². The quantitative estimate of drug-likeness (QED) is 0.655. The van der Waals surface area contributed by atoms with Crippen molar-refractivity contribution in [3.63, 3.8) is 0 Å². The Kier molecular flexibility index (Phi) is 4.37. The number of nitro benzene ring substituents is 1. The standard InChI is InChI=1S/C14H20N2O3/c1-3-14-11(6-7-19-14)9-15-13-5-4-12(16(17)18)8-10(13)2/h4-5,8,11,14-15H,3,6-7,9H2,1-2H3. The van der Waals surface area contributed by atoms with E-state index in [0.717, 1.165) is 37.2 Å². The van der Waals surface area contributed by atoms with Crippen LogP contribution in [0.25, 0.3) is 0 Å². The summed E-state index contributed by atoms with van der Waals surface area (Å²) in [4.78, 5) is 10.3. The van der Waals surface area contributed by atoms with E-state index in [9.17, 15) is 10.1 Å². The number of non-ortho nitro benzene ring substituents is 1. The molecule has 1 aromatic rings. The van der Waals surface area contributed by atoms with Crippen LogP contribution < -0.4 is 5.32 Å². The fourth-order valence-electron chi connectivity index (χ4n) is 2.58. The molecule has 0 bridgehead atoms. The third-order valence-corrected chi connectivity index (χ3v) is 3.72. The summed E-state index contributed by atoms with van der Waals surface area (Å²) in [6, 6.07) is 4.92. The van der Waals surface area contributed by atoms with Gasteiger partial charge in [-0.3, -0.25) is 10.1 Å². The number of benzene rings is 1. The Morgan fingerprint density at radius 2 is 2.32 bits per heavy atom. The fraction of sp³-hybridized carbons (Fsp3) is 0.571. The molecular weight excluding hydrogens is 244 g/mol. The molecular formula is C14H20N2O3. The van der Waals surface area contributed by atoms with Crippen molar-refractivity contribution in [2.24, 2.45) is 5.92 Å². The van der Waals surface area contributed by atoms with Gasteiger partial charge in [-0.1, -0.05) is 6.92 Å². The van der Waals surface area contributed by atoms with Gasteiger partial charge in [-0.05, 0) is 31.4 Å². The van der Waals surface area contributed by atoms with E-state index in [2.05, 4.69) is 12.2 Å². The summed E-state index contributed by atoms with van der Waals surface area (Å²) in [5.41, 5.74) is 2.01. The molecule has 0 spiro atoms. The summed E-state index contributed by atoms with van der Waals surface area (Å²) >= 11 is 0. The van der Waals surface area contributed by atoms with Gasteiger partial charge in [-0.15, -0.1) is 0 Å². The predicted octanol–water partition coefficient (Wildman–Crippen LogP) is 3.13. The molecule has 0 saturated carbocycles. The molecule has 5 nitrogen and oxygen atoms in total. The van der Waals surface area contributed by atoms with Crippen LogP contribution >= 0.6 is 0 Å². The Labute approximate surface area is 113 Å². The van der Waals surface area contributed by atoms with Gasteiger partial charge >= 0.3 is 0 Å². The van der Waals surface area contributed by atoms with Crippen molar-refractivity contribution in [2.75, 3.05) is 18.5 Å². The Hall–Kier alpha value is -1.62. The minimum atomic E-state index is -0.366. The van der Waals surface area contributed by atoms with Crippen molar-refractivity contribution in [1.82, 2.24) is 0 Å². The number of nitrogens with one attached hydrogen (secondary N) is 1. The van der Waals surface area contributed by atoms with E-state index in [-0.39, 0.29) is 10.6 Å². The average Bonchev–Trinajstić information content (AvgIpc) is 2.84. The molecule has 1 heterocycles. The molecule has 0 amide bonds. The number of ether oxygens (including phenoxy) is 1. The molecule has 104 valence electrons. The van der Waals surface area contributed by atoms with Gasteiger partial charge in [0.15, 0.2) is 0 Å². The zero-order chi connectivity index (χ0) is 13.8. The van der Waals surface area contributed by atoms with Gasteiger partial charge < -0.3 is 10.1 Å². The Morgan fingerprint density at radius 3 is 2.95 bits per heavy atom. The lowest BCUT2D eigenvalue weighted by Gasteiger charge is -2.18. The fourth-order valence-corrected chi connectivity index (χ4v) is 2.58. The van der Waals surface area contributed by atoms with Crippen LogP contribution in [-0.4, -0.2) is 24.2 Å². The highest BCUT2D eigenvalue weighted by atomic mass is 16.6. The smallest absolute Gasteiger partial charge is 0.269 e. The second-order valence-corrected chi connectivity index (χ2v) is 5.00. The molecule has 1 saturated heterocycles. The first kappa shape index (κ1) is 13.8. The topological polar surface area (TPSA) is 64.4 Å². The van der Waals surface area contributed by atoms with Gasteiger partial charge in [-0.2, -0.15) is 0 Å². The molecule has 1 aromatic carbocycles. The molecule has 1 fully saturated rings. The second-order valence-electron chi connectivity index (χ2n) is 5.00. The highest BCUT2D eigenvalue weighted by Crippen LogP contribution is 2.26. The summed E-state index contributed by atoms with van der Waals surface area (Å²) < 4.78 is 5.65. The van der Waals surface area contributed by atoms with Crippen LogP contribution in [0.4, 0.5) is 11.4 Å². The summed E-state index contributed by atoms with van der Waals surface area (Å²) in [5.74, 6) is 0.527. The second kappa shape index (κ2) is 6.02. The molecule has 2 rings (SSSR count). The number of aryl methyl sites for hydroxylation is 1. The van der Waals surface area contributed by atoms with E-state index < -0.39 is 0 Å². The third-order valence-electron chi connectivity index (χ3n) is 3.72. The highest BCUT2D eigenvalue weighted by molar-refractivity contribution is 5.55. The van der Waals surface area contributed by atoms with Gasteiger partial charge in [-0.25, -0.2) is 0 Å². The first-order chi connectivity index (χ1) is 9.11. The molecule has 19 heavy (non-hydrogen) atoms. The number of hydrogen-bond donors (Lipinski definition) is 1. The van der Waals surface area contributed by atoms with Gasteiger partial charge in [0.05, 0.1) is 11.0 Å². The largest absolute Gasteiger partial charge is 0.384 e. The van der Waals surface area contributed by atoms with Crippen molar-refractivity contribution in [3.8, 4) is 0 Å². The molecule has 5 heteroatoms. The van der Waals surface area contributed by atoms with Crippen molar-refractivity contribution >= 4 is 11.4 Å². The Morgan fingerprint density at radius 1 is 1.53 bits per heavy atom. The predicted molar refractivity (Wildman–Crippen MR) is 74.5 cm³/mol. The van der Waals surface area contributed by atoms with Crippen LogP contribution in [-0.2, 0) is 4.74 Å². The van der Waals surface area contributed by atoms with Crippen LogP contribution in [0.15, 0.2) is 18.2 Å². The zero-order valence-electron chi connectivity index (χ0n) is 11.4. The van der Waals surface area contributed by atoms with E-state index in [0.29, 0.717) is 12.0 Å². The van der Waals surface area contributed by atoms with E-state index >= 15 is 0 Å². The van der Waals surface area contributed by atoms with E-state index in [4.69, 9.17) is 4.74 Å². The number of anilines is 1. The SMILES string of the molecule is CCC1OCCC1CNc1ccc([N+](=O)[O-])cc1C. The van der Waals surface area contributed by atoms with Crippen LogP contribution in [0.2, 0.25) is 0 Å². The molecule has 0 radical (unpaired) electrons. The van der Waals surface area contributed by atoms with Crippen LogP contribution in [0.1, 0.15) is 25.3 Å². The highest BCUT2D eigenvalue weighted by Gasteiger charge is 2.26. The zero-order valence-corrected chi connectivity index (χ0v) is 11.4. The molecule has 1 aliphatic heterocycles. The lowest BCUT2D eigenvalue weighted by molar-refractivity contribution is -0.384. The normalized spacial score (nSPS) is 22.4. The minimum Gasteiger partial charge on any atom is -0.384 e. The monoisotopic (exact) mass is 264 g/mol.